The highest BCUT2D eigenvalue weighted by atomic mass is 79.9. The Morgan fingerprint density at radius 3 is 2.65 bits per heavy atom. The Kier molecular flexibility index (Phi) is 6.07. The maximum Gasteiger partial charge on any atom is 0.0135 e. The van der Waals surface area contributed by atoms with E-state index in [1.165, 1.54) is 40.1 Å². The molecule has 104 valence electrons. The van der Waals surface area contributed by atoms with Crippen molar-refractivity contribution in [1.82, 2.24) is 0 Å². The Hall–Kier alpha value is -1.34. The first kappa shape index (κ1) is 15.1. The maximum absolute atomic E-state index is 3.61. The van der Waals surface area contributed by atoms with Crippen LogP contribution >= 0.6 is 15.9 Å². The van der Waals surface area contributed by atoms with E-state index in [9.17, 15) is 0 Å². The van der Waals surface area contributed by atoms with Crippen LogP contribution < -0.4 is 0 Å². The second kappa shape index (κ2) is 8.06. The molecule has 0 nitrogen and oxygen atoms in total. The van der Waals surface area contributed by atoms with Crippen molar-refractivity contribution < 1.29 is 0 Å². The van der Waals surface area contributed by atoms with Crippen LogP contribution in [0.15, 0.2) is 59.1 Å². The number of rotatable bonds is 6. The van der Waals surface area contributed by atoms with Crippen LogP contribution in [0.4, 0.5) is 0 Å². The average molecular weight is 329 g/mol. The predicted octanol–water partition coefficient (Wildman–Crippen LogP) is 6.71. The average Bonchev–Trinajstić information content (AvgIpc) is 2.49. The molecule has 0 amide bonds. The standard InChI is InChI=1S/C19H21Br/c1-2-3-4-5-10-19(20)14-12-16-11-13-17-8-6-7-9-18(17)15-16/h6-15H,2-5H2,1H3/b14-12+,19-10+. The fourth-order valence-corrected chi connectivity index (χ4v) is 2.55. The van der Waals surface area contributed by atoms with Crippen molar-refractivity contribution in [3.8, 4) is 0 Å². The maximum atomic E-state index is 3.61. The van der Waals surface area contributed by atoms with Crippen LogP contribution in [0, 0.1) is 0 Å². The summed E-state index contributed by atoms with van der Waals surface area (Å²) in [4.78, 5) is 0. The van der Waals surface area contributed by atoms with E-state index in [-0.39, 0.29) is 0 Å². The van der Waals surface area contributed by atoms with E-state index in [1.54, 1.807) is 0 Å². The fourth-order valence-electron chi connectivity index (χ4n) is 2.19. The summed E-state index contributed by atoms with van der Waals surface area (Å²) in [7, 11) is 0. The van der Waals surface area contributed by atoms with Crippen molar-refractivity contribution in [2.75, 3.05) is 0 Å². The van der Waals surface area contributed by atoms with E-state index in [4.69, 9.17) is 0 Å². The summed E-state index contributed by atoms with van der Waals surface area (Å²) in [6.45, 7) is 2.23. The molecule has 0 saturated carbocycles. The Morgan fingerprint density at radius 1 is 1.05 bits per heavy atom. The van der Waals surface area contributed by atoms with E-state index in [2.05, 4.69) is 83.5 Å². The summed E-state index contributed by atoms with van der Waals surface area (Å²) < 4.78 is 1.17. The molecule has 2 rings (SSSR count). The zero-order valence-electron chi connectivity index (χ0n) is 12.0. The molecule has 2 aromatic carbocycles. The molecule has 0 fully saturated rings. The summed E-state index contributed by atoms with van der Waals surface area (Å²) in [5, 5.41) is 2.58. The number of allylic oxidation sites excluding steroid dienone is 3. The van der Waals surface area contributed by atoms with Gasteiger partial charge in [-0.15, -0.1) is 0 Å². The summed E-state index contributed by atoms with van der Waals surface area (Å²) in [5.41, 5.74) is 1.24. The van der Waals surface area contributed by atoms with Crippen molar-refractivity contribution in [1.29, 1.82) is 0 Å². The van der Waals surface area contributed by atoms with E-state index in [0.717, 1.165) is 6.42 Å². The molecule has 0 spiro atoms. The zero-order valence-corrected chi connectivity index (χ0v) is 13.6. The van der Waals surface area contributed by atoms with Crippen molar-refractivity contribution >= 4 is 32.8 Å². The molecule has 0 aliphatic heterocycles. The lowest BCUT2D eigenvalue weighted by atomic mass is 10.1. The minimum atomic E-state index is 1.15. The zero-order chi connectivity index (χ0) is 14.2. The van der Waals surface area contributed by atoms with E-state index in [1.807, 2.05) is 0 Å². The third kappa shape index (κ3) is 4.64. The molecule has 2 aromatic rings. The van der Waals surface area contributed by atoms with Crippen molar-refractivity contribution in [2.45, 2.75) is 32.6 Å². The van der Waals surface area contributed by atoms with E-state index >= 15 is 0 Å². The van der Waals surface area contributed by atoms with Gasteiger partial charge in [-0.25, -0.2) is 0 Å². The van der Waals surface area contributed by atoms with E-state index in [0.29, 0.717) is 0 Å². The lowest BCUT2D eigenvalue weighted by Gasteiger charge is -1.99. The number of benzene rings is 2. The van der Waals surface area contributed by atoms with Gasteiger partial charge in [-0.05, 0) is 41.3 Å². The Bertz CT molecular complexity index is 608. The summed E-state index contributed by atoms with van der Waals surface area (Å²) in [6, 6.07) is 15.0. The Labute approximate surface area is 130 Å². The number of hydrogen-bond acceptors (Lipinski definition) is 0. The van der Waals surface area contributed by atoms with Crippen LogP contribution in [-0.4, -0.2) is 0 Å². The predicted molar refractivity (Wildman–Crippen MR) is 94.1 cm³/mol. The van der Waals surface area contributed by atoms with Gasteiger partial charge in [0.05, 0.1) is 0 Å². The normalized spacial score (nSPS) is 12.4. The highest BCUT2D eigenvalue weighted by Gasteiger charge is 1.93. The quantitative estimate of drug-likeness (QED) is 0.408. The first-order chi connectivity index (χ1) is 9.79. The van der Waals surface area contributed by atoms with Gasteiger partial charge in [0, 0.05) is 4.48 Å². The third-order valence-corrected chi connectivity index (χ3v) is 3.94. The minimum Gasteiger partial charge on any atom is -0.0703 e. The first-order valence-electron chi connectivity index (χ1n) is 7.32. The number of fused-ring (bicyclic) bond motifs is 1. The monoisotopic (exact) mass is 328 g/mol. The van der Waals surface area contributed by atoms with Crippen LogP contribution in [-0.2, 0) is 0 Å². The molecule has 0 aliphatic carbocycles. The molecule has 0 saturated heterocycles. The highest BCUT2D eigenvalue weighted by Crippen LogP contribution is 2.18. The van der Waals surface area contributed by atoms with Crippen LogP contribution in [0.3, 0.4) is 0 Å². The first-order valence-corrected chi connectivity index (χ1v) is 8.11. The molecular weight excluding hydrogens is 308 g/mol. The number of unbranched alkanes of at least 4 members (excludes halogenated alkanes) is 3. The van der Waals surface area contributed by atoms with Crippen molar-refractivity contribution in [3.05, 3.63) is 64.7 Å². The van der Waals surface area contributed by atoms with Crippen molar-refractivity contribution in [3.63, 3.8) is 0 Å². The van der Waals surface area contributed by atoms with Gasteiger partial charge in [-0.3, -0.25) is 0 Å². The lowest BCUT2D eigenvalue weighted by Crippen LogP contribution is -1.75. The molecule has 1 heteroatoms. The van der Waals surface area contributed by atoms with Gasteiger partial charge in [0.2, 0.25) is 0 Å². The van der Waals surface area contributed by atoms with Crippen LogP contribution in [0.25, 0.3) is 16.8 Å². The molecule has 0 aliphatic rings. The smallest absolute Gasteiger partial charge is 0.0135 e. The van der Waals surface area contributed by atoms with Gasteiger partial charge in [0.1, 0.15) is 0 Å². The third-order valence-electron chi connectivity index (χ3n) is 3.36. The van der Waals surface area contributed by atoms with Crippen LogP contribution in [0.2, 0.25) is 0 Å². The van der Waals surface area contributed by atoms with Gasteiger partial charge in [-0.2, -0.15) is 0 Å². The van der Waals surface area contributed by atoms with Gasteiger partial charge < -0.3 is 0 Å². The molecular formula is C19H21Br. The number of hydrogen-bond donors (Lipinski definition) is 0. The molecule has 0 heterocycles. The highest BCUT2D eigenvalue weighted by molar-refractivity contribution is 9.11. The molecule has 20 heavy (non-hydrogen) atoms. The SMILES string of the molecule is CCCCC/C=C(Br)\C=C\c1ccc2ccccc2c1. The van der Waals surface area contributed by atoms with Gasteiger partial charge in [-0.1, -0.05) is 84.2 Å². The largest absolute Gasteiger partial charge is 0.0703 e. The lowest BCUT2D eigenvalue weighted by molar-refractivity contribution is 0.729. The number of halogens is 1. The van der Waals surface area contributed by atoms with Gasteiger partial charge >= 0.3 is 0 Å². The van der Waals surface area contributed by atoms with Crippen LogP contribution in [0.1, 0.15) is 38.2 Å². The van der Waals surface area contributed by atoms with Crippen LogP contribution in [0.5, 0.6) is 0 Å². The molecule has 0 N–H and O–H groups in total. The summed E-state index contributed by atoms with van der Waals surface area (Å²) >= 11 is 3.61. The fraction of sp³-hybridized carbons (Fsp3) is 0.263. The summed E-state index contributed by atoms with van der Waals surface area (Å²) in [5.74, 6) is 0. The Balaban J connectivity index is 2.01. The molecule has 0 radical (unpaired) electrons. The topological polar surface area (TPSA) is 0 Å². The minimum absolute atomic E-state index is 1.15. The van der Waals surface area contributed by atoms with Gasteiger partial charge in [0.25, 0.3) is 0 Å². The molecule has 0 unspecified atom stereocenters. The Morgan fingerprint density at radius 2 is 1.85 bits per heavy atom. The van der Waals surface area contributed by atoms with Gasteiger partial charge in [0.15, 0.2) is 0 Å². The second-order valence-electron chi connectivity index (χ2n) is 5.02. The summed E-state index contributed by atoms with van der Waals surface area (Å²) in [6.07, 6.45) is 11.6. The second-order valence-corrected chi connectivity index (χ2v) is 5.94. The molecule has 0 bridgehead atoms. The van der Waals surface area contributed by atoms with Crippen molar-refractivity contribution in [2.24, 2.45) is 0 Å². The molecule has 0 aromatic heterocycles. The molecule has 0 atom stereocenters. The van der Waals surface area contributed by atoms with E-state index < -0.39 is 0 Å².